The summed E-state index contributed by atoms with van der Waals surface area (Å²) < 4.78 is 36.4. The van der Waals surface area contributed by atoms with E-state index in [1.807, 2.05) is 13.0 Å². The molecule has 0 spiro atoms. The molecule has 2 aromatic carbocycles. The zero-order valence-electron chi connectivity index (χ0n) is 11.2. The van der Waals surface area contributed by atoms with Crippen LogP contribution in [0.5, 0.6) is 0 Å². The van der Waals surface area contributed by atoms with Crippen molar-refractivity contribution in [3.8, 4) is 0 Å². The van der Waals surface area contributed by atoms with Gasteiger partial charge in [-0.25, -0.2) is 12.8 Å². The number of thioether (sulfide) groups is 1. The van der Waals surface area contributed by atoms with E-state index in [1.54, 1.807) is 30.3 Å². The second-order valence-corrected chi connectivity index (χ2v) is 7.90. The molecule has 1 atom stereocenters. The Morgan fingerprint density at radius 1 is 1.05 bits per heavy atom. The first kappa shape index (κ1) is 15.1. The number of hydrogen-bond acceptors (Lipinski definition) is 3. The van der Waals surface area contributed by atoms with Crippen LogP contribution in [0.15, 0.2) is 58.3 Å². The molecule has 2 nitrogen and oxygen atoms in total. The van der Waals surface area contributed by atoms with Gasteiger partial charge >= 0.3 is 0 Å². The SMILES string of the molecule is CC(Sc1ccccc1S(C)(=O)=O)c1ccc(F)cc1. The first-order valence-corrected chi connectivity index (χ1v) is 8.86. The van der Waals surface area contributed by atoms with Crippen LogP contribution in [0, 0.1) is 5.82 Å². The lowest BCUT2D eigenvalue weighted by molar-refractivity contribution is 0.600. The van der Waals surface area contributed by atoms with Gasteiger partial charge in [0.25, 0.3) is 0 Å². The largest absolute Gasteiger partial charge is 0.224 e. The Balaban J connectivity index is 2.28. The fraction of sp³-hybridized carbons (Fsp3) is 0.200. The van der Waals surface area contributed by atoms with Gasteiger partial charge in [-0.1, -0.05) is 24.3 Å². The Morgan fingerprint density at radius 3 is 2.25 bits per heavy atom. The molecule has 1 unspecified atom stereocenters. The Labute approximate surface area is 122 Å². The third-order valence-electron chi connectivity index (χ3n) is 2.89. The molecule has 0 radical (unpaired) electrons. The topological polar surface area (TPSA) is 34.1 Å². The van der Waals surface area contributed by atoms with Crippen LogP contribution in [0.2, 0.25) is 0 Å². The van der Waals surface area contributed by atoms with Gasteiger partial charge in [0.2, 0.25) is 0 Å². The number of rotatable bonds is 4. The van der Waals surface area contributed by atoms with E-state index in [0.29, 0.717) is 9.79 Å². The van der Waals surface area contributed by atoms with Gasteiger partial charge in [-0.2, -0.15) is 0 Å². The predicted octanol–water partition coefficient (Wildman–Crippen LogP) is 4.08. The van der Waals surface area contributed by atoms with Gasteiger partial charge in [0.1, 0.15) is 5.82 Å². The van der Waals surface area contributed by atoms with Crippen LogP contribution in [-0.2, 0) is 9.84 Å². The van der Waals surface area contributed by atoms with Gasteiger partial charge in [0.15, 0.2) is 9.84 Å². The summed E-state index contributed by atoms with van der Waals surface area (Å²) in [6, 6.07) is 13.2. The Bertz CT molecular complexity index is 694. The van der Waals surface area contributed by atoms with Crippen LogP contribution >= 0.6 is 11.8 Å². The van der Waals surface area contributed by atoms with Crippen LogP contribution in [0.4, 0.5) is 4.39 Å². The summed E-state index contributed by atoms with van der Waals surface area (Å²) in [5.41, 5.74) is 0.958. The lowest BCUT2D eigenvalue weighted by Crippen LogP contribution is -2.00. The molecule has 2 aromatic rings. The van der Waals surface area contributed by atoms with Crippen molar-refractivity contribution in [2.75, 3.05) is 6.26 Å². The van der Waals surface area contributed by atoms with Crippen LogP contribution in [0.1, 0.15) is 17.7 Å². The number of hydrogen-bond donors (Lipinski definition) is 0. The van der Waals surface area contributed by atoms with E-state index >= 15 is 0 Å². The third kappa shape index (κ3) is 3.61. The molecule has 0 aliphatic rings. The van der Waals surface area contributed by atoms with Crippen molar-refractivity contribution < 1.29 is 12.8 Å². The molecule has 0 aromatic heterocycles. The average molecular weight is 310 g/mol. The Kier molecular flexibility index (Phi) is 4.50. The molecule has 5 heteroatoms. The minimum atomic E-state index is -3.25. The van der Waals surface area contributed by atoms with E-state index in [-0.39, 0.29) is 11.1 Å². The van der Waals surface area contributed by atoms with Crippen LogP contribution < -0.4 is 0 Å². The first-order valence-electron chi connectivity index (χ1n) is 6.09. The van der Waals surface area contributed by atoms with Gasteiger partial charge in [-0.3, -0.25) is 0 Å². The smallest absolute Gasteiger partial charge is 0.176 e. The van der Waals surface area contributed by atoms with Gasteiger partial charge in [-0.15, -0.1) is 11.8 Å². The van der Waals surface area contributed by atoms with Crippen molar-refractivity contribution in [1.82, 2.24) is 0 Å². The summed E-state index contributed by atoms with van der Waals surface area (Å²) in [5.74, 6) is -0.275. The molecule has 0 saturated heterocycles. The molecule has 0 aliphatic carbocycles. The molecule has 106 valence electrons. The summed E-state index contributed by atoms with van der Waals surface area (Å²) in [7, 11) is -3.25. The van der Waals surface area contributed by atoms with Gasteiger partial charge < -0.3 is 0 Å². The third-order valence-corrected chi connectivity index (χ3v) is 5.41. The maximum atomic E-state index is 12.9. The fourth-order valence-electron chi connectivity index (χ4n) is 1.85. The Hall–Kier alpha value is -1.33. The Morgan fingerprint density at radius 2 is 1.65 bits per heavy atom. The van der Waals surface area contributed by atoms with E-state index in [4.69, 9.17) is 0 Å². The van der Waals surface area contributed by atoms with E-state index in [1.165, 1.54) is 30.2 Å². The summed E-state index contributed by atoms with van der Waals surface area (Å²) in [6.07, 6.45) is 1.20. The number of sulfone groups is 1. The van der Waals surface area contributed by atoms with Crippen LogP contribution in [0.25, 0.3) is 0 Å². The minimum absolute atomic E-state index is 0.0403. The molecule has 0 bridgehead atoms. The lowest BCUT2D eigenvalue weighted by atomic mass is 10.2. The number of benzene rings is 2. The van der Waals surface area contributed by atoms with Crippen molar-refractivity contribution in [3.05, 3.63) is 59.9 Å². The first-order chi connectivity index (χ1) is 9.38. The highest BCUT2D eigenvalue weighted by molar-refractivity contribution is 8.00. The zero-order chi connectivity index (χ0) is 14.8. The average Bonchev–Trinajstić information content (AvgIpc) is 2.38. The highest BCUT2D eigenvalue weighted by Gasteiger charge is 2.16. The van der Waals surface area contributed by atoms with Gasteiger partial charge in [0, 0.05) is 16.4 Å². The molecule has 0 aliphatic heterocycles. The molecule has 0 amide bonds. The minimum Gasteiger partial charge on any atom is -0.224 e. The van der Waals surface area contributed by atoms with E-state index in [9.17, 15) is 12.8 Å². The molecular weight excluding hydrogens is 295 g/mol. The maximum Gasteiger partial charge on any atom is 0.176 e. The molecule has 0 fully saturated rings. The van der Waals surface area contributed by atoms with Crippen LogP contribution in [0.3, 0.4) is 0 Å². The van der Waals surface area contributed by atoms with Crippen molar-refractivity contribution in [2.24, 2.45) is 0 Å². The molecule has 20 heavy (non-hydrogen) atoms. The standard InChI is InChI=1S/C15H15FO2S2/c1-11(12-7-9-13(16)10-8-12)19-14-5-3-4-6-15(14)20(2,17)18/h3-11H,1-2H3. The quantitative estimate of drug-likeness (QED) is 0.798. The van der Waals surface area contributed by atoms with Crippen LogP contribution in [-0.4, -0.2) is 14.7 Å². The monoisotopic (exact) mass is 310 g/mol. The predicted molar refractivity (Wildman–Crippen MR) is 80.2 cm³/mol. The lowest BCUT2D eigenvalue weighted by Gasteiger charge is -2.14. The van der Waals surface area contributed by atoms with Gasteiger partial charge in [0.05, 0.1) is 4.90 Å². The summed E-state index contributed by atoms with van der Waals surface area (Å²) >= 11 is 1.45. The highest BCUT2D eigenvalue weighted by Crippen LogP contribution is 2.37. The van der Waals surface area contributed by atoms with E-state index < -0.39 is 9.84 Å². The van der Waals surface area contributed by atoms with Crippen molar-refractivity contribution in [1.29, 1.82) is 0 Å². The number of halogens is 1. The van der Waals surface area contributed by atoms with Crippen molar-refractivity contribution >= 4 is 21.6 Å². The maximum absolute atomic E-state index is 12.9. The second kappa shape index (κ2) is 5.97. The van der Waals surface area contributed by atoms with E-state index in [0.717, 1.165) is 5.56 Å². The summed E-state index contributed by atoms with van der Waals surface area (Å²) in [6.45, 7) is 1.97. The van der Waals surface area contributed by atoms with Crippen molar-refractivity contribution in [2.45, 2.75) is 22.0 Å². The van der Waals surface area contributed by atoms with E-state index in [2.05, 4.69) is 0 Å². The molecule has 0 saturated carbocycles. The summed E-state index contributed by atoms with van der Waals surface area (Å²) in [4.78, 5) is 1.05. The zero-order valence-corrected chi connectivity index (χ0v) is 12.8. The van der Waals surface area contributed by atoms with Gasteiger partial charge in [-0.05, 0) is 36.8 Å². The molecule has 0 N–H and O–H groups in total. The second-order valence-electron chi connectivity index (χ2n) is 4.53. The van der Waals surface area contributed by atoms with Crippen molar-refractivity contribution in [3.63, 3.8) is 0 Å². The molecular formula is C15H15FO2S2. The molecule has 0 heterocycles. The molecule has 2 rings (SSSR count). The highest BCUT2D eigenvalue weighted by atomic mass is 32.2. The fourth-order valence-corrected chi connectivity index (χ4v) is 4.22. The normalized spacial score (nSPS) is 13.2. The summed E-state index contributed by atoms with van der Waals surface area (Å²) in [5, 5.41) is 0.0403.